The summed E-state index contributed by atoms with van der Waals surface area (Å²) in [4.78, 5) is 18.2. The lowest BCUT2D eigenvalue weighted by Gasteiger charge is -2.18. The van der Waals surface area contributed by atoms with Crippen molar-refractivity contribution in [2.75, 3.05) is 19.0 Å². The molecule has 0 aliphatic heterocycles. The third kappa shape index (κ3) is 4.79. The number of aryl methyl sites for hydroxylation is 1. The van der Waals surface area contributed by atoms with Crippen molar-refractivity contribution in [1.29, 1.82) is 0 Å². The molecule has 0 aromatic carbocycles. The Balaban J connectivity index is 2.87. The lowest BCUT2D eigenvalue weighted by Crippen LogP contribution is -2.29. The van der Waals surface area contributed by atoms with E-state index in [0.717, 1.165) is 18.5 Å². The molecule has 0 bridgehead atoms. The van der Waals surface area contributed by atoms with E-state index < -0.39 is 6.10 Å². The van der Waals surface area contributed by atoms with Crippen LogP contribution < -0.4 is 11.3 Å². The number of rotatable bonds is 7. The summed E-state index contributed by atoms with van der Waals surface area (Å²) in [5.41, 5.74) is 3.89. The van der Waals surface area contributed by atoms with Gasteiger partial charge in [-0.1, -0.05) is 13.3 Å². The van der Waals surface area contributed by atoms with Crippen molar-refractivity contribution >= 4 is 11.7 Å². The first-order valence-corrected chi connectivity index (χ1v) is 6.89. The fraction of sp³-hybridized carbons (Fsp3) is 0.571. The monoisotopic (exact) mass is 280 g/mol. The zero-order valence-electron chi connectivity index (χ0n) is 12.4. The molecule has 112 valence electrons. The number of anilines is 1. The number of hydrogen-bond acceptors (Lipinski definition) is 5. The Hall–Kier alpha value is -1.66. The summed E-state index contributed by atoms with van der Waals surface area (Å²) in [7, 11) is 1.72. The predicted octanol–water partition coefficient (Wildman–Crippen LogP) is 1.16. The van der Waals surface area contributed by atoms with E-state index in [1.165, 1.54) is 0 Å². The van der Waals surface area contributed by atoms with Gasteiger partial charge in [0.2, 0.25) is 0 Å². The second-order valence-corrected chi connectivity index (χ2v) is 4.99. The van der Waals surface area contributed by atoms with Crippen LogP contribution in [0.5, 0.6) is 0 Å². The molecular weight excluding hydrogens is 256 g/mol. The number of pyridine rings is 1. The van der Waals surface area contributed by atoms with Gasteiger partial charge in [0.15, 0.2) is 0 Å². The van der Waals surface area contributed by atoms with Gasteiger partial charge in [0, 0.05) is 24.8 Å². The standard InChI is InChI=1S/C14H24N4O2/c1-4-5-12-8-11(9-13(16-12)17-15)14(20)18(3)7-6-10(2)19/h8-10,19H,4-7,15H2,1-3H3,(H,16,17). The second-order valence-electron chi connectivity index (χ2n) is 4.99. The summed E-state index contributed by atoms with van der Waals surface area (Å²) in [5.74, 6) is 5.78. The van der Waals surface area contributed by atoms with Crippen LogP contribution in [-0.4, -0.2) is 40.6 Å². The molecule has 1 atom stereocenters. The molecule has 6 heteroatoms. The third-order valence-electron chi connectivity index (χ3n) is 3.01. The number of amides is 1. The molecule has 0 aliphatic carbocycles. The predicted molar refractivity (Wildman–Crippen MR) is 79.3 cm³/mol. The van der Waals surface area contributed by atoms with Crippen LogP contribution in [0, 0.1) is 0 Å². The Morgan fingerprint density at radius 2 is 2.25 bits per heavy atom. The molecule has 1 amide bonds. The average molecular weight is 280 g/mol. The Morgan fingerprint density at radius 1 is 1.55 bits per heavy atom. The first-order chi connectivity index (χ1) is 9.47. The topological polar surface area (TPSA) is 91.5 Å². The van der Waals surface area contributed by atoms with E-state index in [2.05, 4.69) is 17.3 Å². The highest BCUT2D eigenvalue weighted by atomic mass is 16.3. The summed E-state index contributed by atoms with van der Waals surface area (Å²) in [6.45, 7) is 4.27. The van der Waals surface area contributed by atoms with Crippen LogP contribution in [0.25, 0.3) is 0 Å². The molecule has 6 nitrogen and oxygen atoms in total. The number of nitrogens with two attached hydrogens (primary N) is 1. The smallest absolute Gasteiger partial charge is 0.253 e. The molecule has 0 aliphatic rings. The van der Waals surface area contributed by atoms with Crippen LogP contribution >= 0.6 is 0 Å². The highest BCUT2D eigenvalue weighted by Crippen LogP contribution is 2.13. The van der Waals surface area contributed by atoms with E-state index in [0.29, 0.717) is 24.3 Å². The maximum atomic E-state index is 12.3. The van der Waals surface area contributed by atoms with E-state index in [4.69, 9.17) is 5.84 Å². The van der Waals surface area contributed by atoms with E-state index in [1.807, 2.05) is 0 Å². The van der Waals surface area contributed by atoms with E-state index in [9.17, 15) is 9.90 Å². The minimum atomic E-state index is -0.417. The van der Waals surface area contributed by atoms with Crippen LogP contribution in [-0.2, 0) is 6.42 Å². The molecule has 0 saturated heterocycles. The average Bonchev–Trinajstić information content (AvgIpc) is 2.43. The lowest BCUT2D eigenvalue weighted by molar-refractivity contribution is 0.0768. The maximum Gasteiger partial charge on any atom is 0.253 e. The highest BCUT2D eigenvalue weighted by Gasteiger charge is 2.14. The zero-order chi connectivity index (χ0) is 15.1. The van der Waals surface area contributed by atoms with Crippen molar-refractivity contribution in [3.8, 4) is 0 Å². The molecule has 0 radical (unpaired) electrons. The highest BCUT2D eigenvalue weighted by molar-refractivity contribution is 5.94. The largest absolute Gasteiger partial charge is 0.393 e. The summed E-state index contributed by atoms with van der Waals surface area (Å²) in [6, 6.07) is 3.44. The molecule has 1 unspecified atom stereocenters. The van der Waals surface area contributed by atoms with Gasteiger partial charge in [0.05, 0.1) is 6.10 Å². The SMILES string of the molecule is CCCc1cc(C(=O)N(C)CCC(C)O)cc(NN)n1. The van der Waals surface area contributed by atoms with Crippen LogP contribution in [0.2, 0.25) is 0 Å². The lowest BCUT2D eigenvalue weighted by atomic mass is 10.1. The first-order valence-electron chi connectivity index (χ1n) is 6.89. The van der Waals surface area contributed by atoms with E-state index in [-0.39, 0.29) is 5.91 Å². The van der Waals surface area contributed by atoms with E-state index in [1.54, 1.807) is 31.0 Å². The molecular formula is C14H24N4O2. The molecule has 4 N–H and O–H groups in total. The van der Waals surface area contributed by atoms with Crippen molar-refractivity contribution in [2.24, 2.45) is 5.84 Å². The van der Waals surface area contributed by atoms with Crippen molar-refractivity contribution in [2.45, 2.75) is 39.2 Å². The summed E-state index contributed by atoms with van der Waals surface area (Å²) in [5, 5.41) is 9.28. The number of carbonyl (C=O) groups is 1. The van der Waals surface area contributed by atoms with Crippen LogP contribution in [0.1, 0.15) is 42.7 Å². The minimum Gasteiger partial charge on any atom is -0.393 e. The molecule has 1 aromatic heterocycles. The second kappa shape index (κ2) is 7.81. The summed E-state index contributed by atoms with van der Waals surface area (Å²) >= 11 is 0. The zero-order valence-corrected chi connectivity index (χ0v) is 12.4. The van der Waals surface area contributed by atoms with Gasteiger partial charge in [-0.3, -0.25) is 4.79 Å². The number of hydrazine groups is 1. The van der Waals surface area contributed by atoms with Crippen LogP contribution in [0.3, 0.4) is 0 Å². The minimum absolute atomic E-state index is 0.0955. The fourth-order valence-electron chi connectivity index (χ4n) is 1.87. The van der Waals surface area contributed by atoms with Crippen molar-refractivity contribution in [1.82, 2.24) is 9.88 Å². The fourth-order valence-corrected chi connectivity index (χ4v) is 1.87. The van der Waals surface area contributed by atoms with Crippen molar-refractivity contribution < 1.29 is 9.90 Å². The molecule has 1 aromatic rings. The van der Waals surface area contributed by atoms with Gasteiger partial charge in [-0.15, -0.1) is 0 Å². The Morgan fingerprint density at radius 3 is 2.80 bits per heavy atom. The van der Waals surface area contributed by atoms with Gasteiger partial charge >= 0.3 is 0 Å². The molecule has 0 spiro atoms. The van der Waals surface area contributed by atoms with Gasteiger partial charge in [-0.25, -0.2) is 10.8 Å². The molecule has 1 rings (SSSR count). The van der Waals surface area contributed by atoms with Gasteiger partial charge in [0.1, 0.15) is 5.82 Å². The number of aliphatic hydroxyl groups is 1. The number of carbonyl (C=O) groups excluding carboxylic acids is 1. The summed E-state index contributed by atoms with van der Waals surface area (Å²) < 4.78 is 0. The normalized spacial score (nSPS) is 12.1. The summed E-state index contributed by atoms with van der Waals surface area (Å²) in [6.07, 6.45) is 1.89. The van der Waals surface area contributed by atoms with Crippen LogP contribution in [0.4, 0.5) is 5.82 Å². The van der Waals surface area contributed by atoms with Crippen molar-refractivity contribution in [3.05, 3.63) is 23.4 Å². The number of hydrogen-bond donors (Lipinski definition) is 3. The Bertz CT molecular complexity index is 449. The van der Waals surface area contributed by atoms with Gasteiger partial charge in [0.25, 0.3) is 5.91 Å². The Kier molecular flexibility index (Phi) is 6.41. The molecule has 0 fully saturated rings. The van der Waals surface area contributed by atoms with Gasteiger partial charge in [-0.05, 0) is 31.9 Å². The van der Waals surface area contributed by atoms with Crippen LogP contribution in [0.15, 0.2) is 12.1 Å². The number of aromatic nitrogens is 1. The van der Waals surface area contributed by atoms with Crippen molar-refractivity contribution in [3.63, 3.8) is 0 Å². The molecule has 20 heavy (non-hydrogen) atoms. The first kappa shape index (κ1) is 16.4. The number of aliphatic hydroxyl groups excluding tert-OH is 1. The Labute approximate surface area is 120 Å². The maximum absolute atomic E-state index is 12.3. The molecule has 0 saturated carbocycles. The van der Waals surface area contributed by atoms with Gasteiger partial charge < -0.3 is 15.4 Å². The van der Waals surface area contributed by atoms with E-state index >= 15 is 0 Å². The molecule has 1 heterocycles. The number of nitrogens with one attached hydrogen (secondary N) is 1. The number of nitrogens with zero attached hydrogens (tertiary/aromatic N) is 2. The number of nitrogen functional groups attached to an aromatic ring is 1. The quantitative estimate of drug-likeness (QED) is 0.515. The third-order valence-corrected chi connectivity index (χ3v) is 3.01. The van der Waals surface area contributed by atoms with Gasteiger partial charge in [-0.2, -0.15) is 0 Å².